The summed E-state index contributed by atoms with van der Waals surface area (Å²) < 4.78 is 1.51. The third kappa shape index (κ3) is 1.95. The first-order chi connectivity index (χ1) is 7.22. The monoisotopic (exact) mass is 210 g/mol. The first-order valence-electron chi connectivity index (χ1n) is 4.81. The number of fused-ring (bicyclic) bond motifs is 1. The first kappa shape index (κ1) is 11.2. The smallest absolute Gasteiger partial charge is 0.282 e. The van der Waals surface area contributed by atoms with Crippen LogP contribution in [0.2, 0.25) is 0 Å². The molecule has 0 aliphatic carbocycles. The van der Waals surface area contributed by atoms with E-state index in [2.05, 4.69) is 20.3 Å². The van der Waals surface area contributed by atoms with Gasteiger partial charge in [0.2, 0.25) is 5.95 Å². The lowest BCUT2D eigenvalue weighted by atomic mass is 10.5. The molecular formula is C8H14N6O. The minimum absolute atomic E-state index is 0.0782. The number of nitrogen functional groups attached to an aromatic ring is 1. The molecule has 7 heteroatoms. The third-order valence-electron chi connectivity index (χ3n) is 1.69. The maximum atomic E-state index is 11.2. The number of rotatable bonds is 1. The molecule has 0 fully saturated rings. The minimum Gasteiger partial charge on any atom is -0.369 e. The Morgan fingerprint density at radius 1 is 1.47 bits per heavy atom. The van der Waals surface area contributed by atoms with Gasteiger partial charge in [-0.2, -0.15) is 4.98 Å². The molecule has 0 atom stereocenters. The van der Waals surface area contributed by atoms with E-state index in [1.165, 1.54) is 4.68 Å². The van der Waals surface area contributed by atoms with Crippen molar-refractivity contribution in [2.75, 3.05) is 5.73 Å². The second-order valence-electron chi connectivity index (χ2n) is 2.53. The van der Waals surface area contributed by atoms with Crippen LogP contribution in [0.1, 0.15) is 20.8 Å². The van der Waals surface area contributed by atoms with Crippen LogP contribution in [-0.4, -0.2) is 25.0 Å². The normalized spacial score (nSPS) is 9.80. The molecule has 3 N–H and O–H groups in total. The summed E-state index contributed by atoms with van der Waals surface area (Å²) in [4.78, 5) is 17.5. The van der Waals surface area contributed by atoms with Gasteiger partial charge in [-0.1, -0.05) is 19.1 Å². The van der Waals surface area contributed by atoms with Gasteiger partial charge in [0.05, 0.1) is 0 Å². The van der Waals surface area contributed by atoms with Crippen molar-refractivity contribution >= 4 is 17.1 Å². The number of nitrogens with one attached hydrogen (secondary N) is 1. The van der Waals surface area contributed by atoms with Gasteiger partial charge in [-0.05, 0) is 6.92 Å². The Labute approximate surface area is 86.3 Å². The third-order valence-corrected chi connectivity index (χ3v) is 1.69. The molecule has 15 heavy (non-hydrogen) atoms. The quantitative estimate of drug-likeness (QED) is 0.697. The number of aryl methyl sites for hydroxylation is 1. The number of nitrogens with zero attached hydrogens (tertiary/aromatic N) is 4. The molecule has 0 saturated carbocycles. The highest BCUT2D eigenvalue weighted by molar-refractivity contribution is 5.69. The Kier molecular flexibility index (Phi) is 3.37. The highest BCUT2D eigenvalue weighted by Gasteiger charge is 2.08. The molecule has 0 aliphatic rings. The summed E-state index contributed by atoms with van der Waals surface area (Å²) in [6.07, 6.45) is 0. The SMILES string of the molecule is CC.CCn1nnc2c(=O)[nH]c(N)nc21. The molecule has 0 saturated heterocycles. The van der Waals surface area contributed by atoms with E-state index >= 15 is 0 Å². The highest BCUT2D eigenvalue weighted by atomic mass is 16.1. The Hall–Kier alpha value is -1.92. The summed E-state index contributed by atoms with van der Waals surface area (Å²) in [5.41, 5.74) is 5.65. The van der Waals surface area contributed by atoms with Gasteiger partial charge in [0.1, 0.15) is 0 Å². The fourth-order valence-corrected chi connectivity index (χ4v) is 1.10. The van der Waals surface area contributed by atoms with Crippen LogP contribution in [0.15, 0.2) is 4.79 Å². The summed E-state index contributed by atoms with van der Waals surface area (Å²) in [6, 6.07) is 0. The molecule has 2 rings (SSSR count). The van der Waals surface area contributed by atoms with Crippen molar-refractivity contribution < 1.29 is 0 Å². The first-order valence-corrected chi connectivity index (χ1v) is 4.81. The molecule has 0 radical (unpaired) electrons. The number of aromatic amines is 1. The number of anilines is 1. The lowest BCUT2D eigenvalue weighted by molar-refractivity contribution is 0.641. The number of H-pyrrole nitrogens is 1. The van der Waals surface area contributed by atoms with Crippen molar-refractivity contribution in [2.24, 2.45) is 0 Å². The largest absolute Gasteiger partial charge is 0.369 e. The van der Waals surface area contributed by atoms with Crippen molar-refractivity contribution in [1.82, 2.24) is 25.0 Å². The van der Waals surface area contributed by atoms with Crippen LogP contribution in [0.5, 0.6) is 0 Å². The molecule has 2 aromatic heterocycles. The predicted molar refractivity (Wildman–Crippen MR) is 57.4 cm³/mol. The van der Waals surface area contributed by atoms with Crippen molar-refractivity contribution in [3.05, 3.63) is 10.4 Å². The van der Waals surface area contributed by atoms with Crippen LogP contribution in [0.4, 0.5) is 5.95 Å². The maximum absolute atomic E-state index is 11.2. The molecule has 0 bridgehead atoms. The van der Waals surface area contributed by atoms with Crippen LogP contribution in [-0.2, 0) is 6.54 Å². The van der Waals surface area contributed by atoms with E-state index in [0.29, 0.717) is 12.2 Å². The molecule has 7 nitrogen and oxygen atoms in total. The van der Waals surface area contributed by atoms with Crippen molar-refractivity contribution in [1.29, 1.82) is 0 Å². The summed E-state index contributed by atoms with van der Waals surface area (Å²) in [7, 11) is 0. The zero-order valence-corrected chi connectivity index (χ0v) is 8.98. The van der Waals surface area contributed by atoms with E-state index in [9.17, 15) is 4.79 Å². The summed E-state index contributed by atoms with van der Waals surface area (Å²) >= 11 is 0. The Morgan fingerprint density at radius 3 is 2.73 bits per heavy atom. The highest BCUT2D eigenvalue weighted by Crippen LogP contribution is 2.02. The molecule has 82 valence electrons. The van der Waals surface area contributed by atoms with Gasteiger partial charge in [0, 0.05) is 6.54 Å². The molecule has 0 spiro atoms. The standard InChI is InChI=1S/C6H8N6O.C2H6/c1-2-12-4-3(10-11-12)5(13)9-6(7)8-4;1-2/h2H2,1H3,(H3,7,8,9,13);1-2H3. The van der Waals surface area contributed by atoms with E-state index < -0.39 is 0 Å². The van der Waals surface area contributed by atoms with Gasteiger partial charge in [0.15, 0.2) is 11.2 Å². The fourth-order valence-electron chi connectivity index (χ4n) is 1.10. The van der Waals surface area contributed by atoms with Crippen LogP contribution in [0.25, 0.3) is 11.2 Å². The van der Waals surface area contributed by atoms with Crippen LogP contribution >= 0.6 is 0 Å². The molecule has 0 unspecified atom stereocenters. The average molecular weight is 210 g/mol. The zero-order valence-electron chi connectivity index (χ0n) is 8.98. The van der Waals surface area contributed by atoms with Gasteiger partial charge < -0.3 is 5.73 Å². The number of aromatic nitrogens is 5. The van der Waals surface area contributed by atoms with E-state index in [4.69, 9.17) is 5.73 Å². The summed E-state index contributed by atoms with van der Waals surface area (Å²) in [5, 5.41) is 7.43. The van der Waals surface area contributed by atoms with Gasteiger partial charge in [-0.15, -0.1) is 5.10 Å². The minimum atomic E-state index is -0.359. The Balaban J connectivity index is 0.000000531. The van der Waals surface area contributed by atoms with E-state index in [1.807, 2.05) is 20.8 Å². The van der Waals surface area contributed by atoms with Crippen molar-refractivity contribution in [2.45, 2.75) is 27.3 Å². The zero-order chi connectivity index (χ0) is 11.4. The van der Waals surface area contributed by atoms with Crippen molar-refractivity contribution in [3.63, 3.8) is 0 Å². The van der Waals surface area contributed by atoms with Crippen LogP contribution in [0.3, 0.4) is 0 Å². The van der Waals surface area contributed by atoms with Gasteiger partial charge in [-0.3, -0.25) is 9.78 Å². The van der Waals surface area contributed by atoms with Gasteiger partial charge >= 0.3 is 0 Å². The number of nitrogens with two attached hydrogens (primary N) is 1. The number of hydrogen-bond acceptors (Lipinski definition) is 5. The van der Waals surface area contributed by atoms with Crippen LogP contribution < -0.4 is 11.3 Å². The molecule has 0 aliphatic heterocycles. The van der Waals surface area contributed by atoms with Gasteiger partial charge in [-0.25, -0.2) is 4.68 Å². The summed E-state index contributed by atoms with van der Waals surface area (Å²) in [6.45, 7) is 6.49. The maximum Gasteiger partial charge on any atom is 0.282 e. The molecule has 0 aromatic carbocycles. The van der Waals surface area contributed by atoms with Crippen molar-refractivity contribution in [3.8, 4) is 0 Å². The fraction of sp³-hybridized carbons (Fsp3) is 0.500. The molecule has 2 aromatic rings. The second kappa shape index (κ2) is 4.54. The topological polar surface area (TPSA) is 102 Å². The predicted octanol–water partition coefficient (Wildman–Crippen LogP) is 0.143. The average Bonchev–Trinajstić information content (AvgIpc) is 2.64. The molecule has 2 heterocycles. The lowest BCUT2D eigenvalue weighted by Crippen LogP contribution is -2.12. The molecule has 0 amide bonds. The number of hydrogen-bond donors (Lipinski definition) is 2. The van der Waals surface area contributed by atoms with Crippen LogP contribution in [0, 0.1) is 0 Å². The lowest BCUT2D eigenvalue weighted by Gasteiger charge is -1.95. The van der Waals surface area contributed by atoms with Gasteiger partial charge in [0.25, 0.3) is 5.56 Å². The Bertz CT molecular complexity index is 499. The van der Waals surface area contributed by atoms with E-state index in [0.717, 1.165) is 0 Å². The Morgan fingerprint density at radius 2 is 2.13 bits per heavy atom. The second-order valence-corrected chi connectivity index (χ2v) is 2.53. The summed E-state index contributed by atoms with van der Waals surface area (Å²) in [5.74, 6) is 0.0782. The van der Waals surface area contributed by atoms with E-state index in [1.54, 1.807) is 0 Å². The van der Waals surface area contributed by atoms with E-state index in [-0.39, 0.29) is 17.0 Å². The molecular weight excluding hydrogens is 196 g/mol.